The highest BCUT2D eigenvalue weighted by molar-refractivity contribution is 7.90. The smallest absolute Gasteiger partial charge is 0.406 e. The Hall–Kier alpha value is -1.48. The molecule has 2 saturated heterocycles. The Labute approximate surface area is 157 Å². The van der Waals surface area contributed by atoms with Gasteiger partial charge in [0.2, 0.25) is 10.0 Å². The van der Waals surface area contributed by atoms with Crippen molar-refractivity contribution in [2.24, 2.45) is 5.41 Å². The van der Waals surface area contributed by atoms with Crippen LogP contribution >= 0.6 is 0 Å². The largest absolute Gasteiger partial charge is 0.573 e. The van der Waals surface area contributed by atoms with Gasteiger partial charge in [-0.15, -0.1) is 13.2 Å². The number of sulfonamides is 1. The predicted octanol–water partition coefficient (Wildman–Crippen LogP) is 3.37. The Kier molecular flexibility index (Phi) is 4.57. The molecule has 9 heteroatoms. The van der Waals surface area contributed by atoms with Crippen LogP contribution < -0.4 is 9.64 Å². The van der Waals surface area contributed by atoms with E-state index in [1.165, 1.54) is 12.1 Å². The van der Waals surface area contributed by atoms with Crippen molar-refractivity contribution in [3.05, 3.63) is 24.3 Å². The minimum absolute atomic E-state index is 0.0940. The molecule has 4 rings (SSSR count). The molecule has 2 heterocycles. The van der Waals surface area contributed by atoms with Crippen molar-refractivity contribution in [3.8, 4) is 5.75 Å². The zero-order valence-electron chi connectivity index (χ0n) is 14.9. The number of ether oxygens (including phenoxy) is 1. The van der Waals surface area contributed by atoms with Crippen molar-refractivity contribution in [3.63, 3.8) is 0 Å². The van der Waals surface area contributed by atoms with E-state index in [4.69, 9.17) is 0 Å². The molecule has 0 unspecified atom stereocenters. The van der Waals surface area contributed by atoms with Gasteiger partial charge in [0.05, 0.1) is 5.25 Å². The first kappa shape index (κ1) is 18.9. The lowest BCUT2D eigenvalue weighted by Crippen LogP contribution is -2.45. The molecule has 0 bridgehead atoms. The molecule has 1 saturated carbocycles. The molecule has 3 fully saturated rings. The lowest BCUT2D eigenvalue weighted by molar-refractivity contribution is -0.274. The minimum atomic E-state index is -4.69. The molecule has 0 aromatic heterocycles. The number of hydrogen-bond acceptors (Lipinski definition) is 4. The van der Waals surface area contributed by atoms with Gasteiger partial charge < -0.3 is 9.64 Å². The van der Waals surface area contributed by atoms with Gasteiger partial charge in [0, 0.05) is 31.9 Å². The molecular formula is C18H23F3N2O3S. The average molecular weight is 404 g/mol. The van der Waals surface area contributed by atoms with Crippen molar-refractivity contribution in [1.82, 2.24) is 4.31 Å². The van der Waals surface area contributed by atoms with Gasteiger partial charge in [-0.3, -0.25) is 0 Å². The fraction of sp³-hybridized carbons (Fsp3) is 0.667. The number of nitrogens with zero attached hydrogens (tertiary/aromatic N) is 2. The summed E-state index contributed by atoms with van der Waals surface area (Å²) in [5.41, 5.74) is 0.964. The van der Waals surface area contributed by atoms with E-state index < -0.39 is 16.4 Å². The Morgan fingerprint density at radius 1 is 1.00 bits per heavy atom. The fourth-order valence-corrected chi connectivity index (χ4v) is 6.06. The molecule has 150 valence electrons. The van der Waals surface area contributed by atoms with Crippen molar-refractivity contribution in [1.29, 1.82) is 0 Å². The van der Waals surface area contributed by atoms with E-state index in [-0.39, 0.29) is 16.4 Å². The highest BCUT2D eigenvalue weighted by Gasteiger charge is 2.46. The third-order valence-electron chi connectivity index (χ3n) is 5.96. The fourth-order valence-electron chi connectivity index (χ4n) is 4.21. The summed E-state index contributed by atoms with van der Waals surface area (Å²) < 4.78 is 67.2. The van der Waals surface area contributed by atoms with E-state index in [0.717, 1.165) is 50.9 Å². The molecule has 1 spiro atoms. The van der Waals surface area contributed by atoms with Crippen LogP contribution in [-0.2, 0) is 10.0 Å². The van der Waals surface area contributed by atoms with E-state index in [1.54, 1.807) is 16.4 Å². The molecular weight excluding hydrogens is 381 g/mol. The minimum Gasteiger partial charge on any atom is -0.406 e. The summed E-state index contributed by atoms with van der Waals surface area (Å²) in [6, 6.07) is 5.96. The zero-order chi connectivity index (χ0) is 19.3. The number of rotatable bonds is 4. The highest BCUT2D eigenvalue weighted by Crippen LogP contribution is 2.44. The molecule has 5 nitrogen and oxygen atoms in total. The second kappa shape index (κ2) is 6.55. The molecule has 0 amide bonds. The van der Waals surface area contributed by atoms with Gasteiger partial charge in [0.25, 0.3) is 0 Å². The van der Waals surface area contributed by atoms with E-state index in [2.05, 4.69) is 9.64 Å². The summed E-state index contributed by atoms with van der Waals surface area (Å²) in [4.78, 5) is 2.17. The first-order valence-corrected chi connectivity index (χ1v) is 10.8. The van der Waals surface area contributed by atoms with Crippen LogP contribution in [0.5, 0.6) is 5.75 Å². The quantitative estimate of drug-likeness (QED) is 0.772. The highest BCUT2D eigenvalue weighted by atomic mass is 32.2. The summed E-state index contributed by atoms with van der Waals surface area (Å²) in [6.45, 7) is 2.79. The molecule has 2 aliphatic heterocycles. The summed E-state index contributed by atoms with van der Waals surface area (Å²) >= 11 is 0. The number of alkyl halides is 3. The lowest BCUT2D eigenvalue weighted by Gasteiger charge is -2.38. The van der Waals surface area contributed by atoms with Crippen molar-refractivity contribution >= 4 is 15.7 Å². The van der Waals surface area contributed by atoms with Gasteiger partial charge in [-0.1, -0.05) is 0 Å². The molecule has 27 heavy (non-hydrogen) atoms. The molecule has 0 radical (unpaired) electrons. The summed E-state index contributed by atoms with van der Waals surface area (Å²) in [5.74, 6) is -0.223. The van der Waals surface area contributed by atoms with Gasteiger partial charge in [-0.05, 0) is 61.8 Å². The number of piperidine rings is 1. The SMILES string of the molecule is O=S(=O)(C1CC1)N1CCC2(CCN(c3ccc(OC(F)(F)F)cc3)C2)CC1. The van der Waals surface area contributed by atoms with Gasteiger partial charge >= 0.3 is 6.36 Å². The van der Waals surface area contributed by atoms with Crippen LogP contribution in [0.4, 0.5) is 18.9 Å². The molecule has 1 aromatic rings. The Morgan fingerprint density at radius 3 is 2.15 bits per heavy atom. The van der Waals surface area contributed by atoms with Gasteiger partial charge in [-0.25, -0.2) is 12.7 Å². The Bertz CT molecular complexity index is 783. The second-order valence-electron chi connectivity index (χ2n) is 7.86. The average Bonchev–Trinajstić information content (AvgIpc) is 3.39. The lowest BCUT2D eigenvalue weighted by atomic mass is 9.78. The van der Waals surface area contributed by atoms with Crippen LogP contribution in [0.2, 0.25) is 0 Å². The Morgan fingerprint density at radius 2 is 1.59 bits per heavy atom. The maximum atomic E-state index is 12.4. The second-order valence-corrected chi connectivity index (χ2v) is 10.1. The third-order valence-corrected chi connectivity index (χ3v) is 8.36. The van der Waals surface area contributed by atoms with Crippen LogP contribution in [0.1, 0.15) is 32.1 Å². The number of anilines is 1. The van der Waals surface area contributed by atoms with E-state index in [0.29, 0.717) is 13.1 Å². The molecule has 1 aliphatic carbocycles. The van der Waals surface area contributed by atoms with Crippen LogP contribution in [0.15, 0.2) is 24.3 Å². The maximum Gasteiger partial charge on any atom is 0.573 e. The van der Waals surface area contributed by atoms with Crippen LogP contribution in [-0.4, -0.2) is 50.5 Å². The summed E-state index contributed by atoms with van der Waals surface area (Å²) in [7, 11) is -3.11. The topological polar surface area (TPSA) is 49.9 Å². The summed E-state index contributed by atoms with van der Waals surface area (Å²) in [6.07, 6.45) is -0.466. The van der Waals surface area contributed by atoms with Crippen LogP contribution in [0.3, 0.4) is 0 Å². The zero-order valence-corrected chi connectivity index (χ0v) is 15.7. The normalized spacial score (nSPS) is 23.7. The van der Waals surface area contributed by atoms with E-state index >= 15 is 0 Å². The number of halogens is 3. The Balaban J connectivity index is 1.36. The predicted molar refractivity (Wildman–Crippen MR) is 95.1 cm³/mol. The summed E-state index contributed by atoms with van der Waals surface area (Å²) in [5, 5.41) is -0.163. The first-order chi connectivity index (χ1) is 12.7. The monoisotopic (exact) mass is 404 g/mol. The van der Waals surface area contributed by atoms with E-state index in [1.807, 2.05) is 0 Å². The molecule has 1 aromatic carbocycles. The number of benzene rings is 1. The van der Waals surface area contributed by atoms with E-state index in [9.17, 15) is 21.6 Å². The van der Waals surface area contributed by atoms with Gasteiger partial charge in [-0.2, -0.15) is 0 Å². The molecule has 3 aliphatic rings. The molecule has 0 atom stereocenters. The molecule has 0 N–H and O–H groups in total. The van der Waals surface area contributed by atoms with Crippen LogP contribution in [0, 0.1) is 5.41 Å². The van der Waals surface area contributed by atoms with Gasteiger partial charge in [0.1, 0.15) is 5.75 Å². The third kappa shape index (κ3) is 4.03. The van der Waals surface area contributed by atoms with Crippen molar-refractivity contribution in [2.75, 3.05) is 31.1 Å². The van der Waals surface area contributed by atoms with Crippen LogP contribution in [0.25, 0.3) is 0 Å². The van der Waals surface area contributed by atoms with Crippen molar-refractivity contribution in [2.45, 2.75) is 43.7 Å². The van der Waals surface area contributed by atoms with Gasteiger partial charge in [0.15, 0.2) is 0 Å². The standard InChI is InChI=1S/C18H23F3N2O3S/c19-18(20,21)26-15-3-1-14(2-4-15)22-10-7-17(13-22)8-11-23(12-9-17)27(24,25)16-5-6-16/h1-4,16H,5-13H2. The first-order valence-electron chi connectivity index (χ1n) is 9.27. The number of hydrogen-bond donors (Lipinski definition) is 0. The van der Waals surface area contributed by atoms with Crippen molar-refractivity contribution < 1.29 is 26.3 Å². The maximum absolute atomic E-state index is 12.4.